The lowest BCUT2D eigenvalue weighted by atomic mass is 10.2. The summed E-state index contributed by atoms with van der Waals surface area (Å²) in [6.45, 7) is 7.19. The molecule has 0 fully saturated rings. The first-order chi connectivity index (χ1) is 4.66. The quantitative estimate of drug-likeness (QED) is 0.444. The molecule has 54 valence electrons. The van der Waals surface area contributed by atoms with Crippen LogP contribution in [0.2, 0.25) is 0 Å². The lowest BCUT2D eigenvalue weighted by Gasteiger charge is -1.87. The van der Waals surface area contributed by atoms with Crippen molar-refractivity contribution in [1.29, 1.82) is 0 Å². The van der Waals surface area contributed by atoms with Gasteiger partial charge in [0.05, 0.1) is 0 Å². The molecule has 0 amide bonds. The number of carbonyl (C=O) groups is 1. The van der Waals surface area contributed by atoms with Crippen LogP contribution in [0.15, 0.2) is 36.6 Å². The van der Waals surface area contributed by atoms with Crippen molar-refractivity contribution in [3.05, 3.63) is 36.6 Å². The normalized spacial score (nSPS) is 9.70. The number of hydrogen-bond donors (Lipinski definition) is 1. The highest BCUT2D eigenvalue weighted by molar-refractivity contribution is 5.55. The molecule has 0 atom stereocenters. The molecule has 0 rings (SSSR count). The molecule has 0 spiro atoms. The Kier molecular flexibility index (Phi) is 4.16. The summed E-state index contributed by atoms with van der Waals surface area (Å²) in [5, 5.41) is 0. The van der Waals surface area contributed by atoms with Gasteiger partial charge in [-0.15, -0.1) is 0 Å². The van der Waals surface area contributed by atoms with Gasteiger partial charge in [-0.1, -0.05) is 12.7 Å². The Morgan fingerprint density at radius 1 is 1.40 bits per heavy atom. The first-order valence-electron chi connectivity index (χ1n) is 2.97. The van der Waals surface area contributed by atoms with E-state index in [1.54, 1.807) is 12.2 Å². The van der Waals surface area contributed by atoms with Crippen molar-refractivity contribution in [3.63, 3.8) is 0 Å². The van der Waals surface area contributed by atoms with Crippen molar-refractivity contribution in [1.82, 2.24) is 0 Å². The van der Waals surface area contributed by atoms with Crippen molar-refractivity contribution >= 4 is 6.29 Å². The van der Waals surface area contributed by atoms with Gasteiger partial charge in [0.15, 0.2) is 0 Å². The van der Waals surface area contributed by atoms with Crippen LogP contribution in [0, 0.1) is 0 Å². The molecule has 0 heterocycles. The van der Waals surface area contributed by atoms with Gasteiger partial charge < -0.3 is 10.5 Å². The first kappa shape index (κ1) is 8.85. The maximum Gasteiger partial charge on any atom is 0.124 e. The van der Waals surface area contributed by atoms with Gasteiger partial charge in [0.2, 0.25) is 0 Å². The predicted molar refractivity (Wildman–Crippen MR) is 41.0 cm³/mol. The summed E-state index contributed by atoms with van der Waals surface area (Å²) in [4.78, 5) is 9.93. The highest BCUT2D eigenvalue weighted by Crippen LogP contribution is 1.96. The second-order valence-electron chi connectivity index (χ2n) is 2.02. The number of quaternary nitrogens is 1. The molecule has 2 heteroatoms. The minimum atomic E-state index is 0.379. The molecular formula is C8H12NO+. The second-order valence-corrected chi connectivity index (χ2v) is 2.02. The van der Waals surface area contributed by atoms with Crippen molar-refractivity contribution in [3.8, 4) is 0 Å². The fraction of sp³-hybridized carbons (Fsp3) is 0.125. The van der Waals surface area contributed by atoms with Crippen molar-refractivity contribution < 1.29 is 10.5 Å². The van der Waals surface area contributed by atoms with Gasteiger partial charge in [-0.05, 0) is 18.2 Å². The maximum absolute atomic E-state index is 9.93. The fourth-order valence-corrected chi connectivity index (χ4v) is 0.411. The molecule has 0 unspecified atom stereocenters. The molecule has 0 aromatic carbocycles. The Morgan fingerprint density at radius 2 is 2.00 bits per heavy atom. The molecule has 0 aliphatic carbocycles. The van der Waals surface area contributed by atoms with Gasteiger partial charge in [-0.25, -0.2) is 0 Å². The van der Waals surface area contributed by atoms with E-state index in [1.807, 2.05) is 0 Å². The number of allylic oxidation sites excluding steroid dienone is 3. The molecule has 3 N–H and O–H groups in total. The summed E-state index contributed by atoms with van der Waals surface area (Å²) < 4.78 is 0. The van der Waals surface area contributed by atoms with Crippen LogP contribution in [-0.2, 0) is 4.79 Å². The van der Waals surface area contributed by atoms with E-state index in [0.717, 1.165) is 11.9 Å². The Balaban J connectivity index is 3.77. The van der Waals surface area contributed by atoms with E-state index in [-0.39, 0.29) is 0 Å². The smallest absolute Gasteiger partial charge is 0.124 e. The largest absolute Gasteiger partial charge is 0.326 e. The lowest BCUT2D eigenvalue weighted by Crippen LogP contribution is -2.45. The van der Waals surface area contributed by atoms with E-state index in [2.05, 4.69) is 18.9 Å². The van der Waals surface area contributed by atoms with E-state index in [4.69, 9.17) is 0 Å². The molecule has 0 aromatic rings. The molecule has 0 aromatic heterocycles. The van der Waals surface area contributed by atoms with Gasteiger partial charge in [0, 0.05) is 6.42 Å². The summed E-state index contributed by atoms with van der Waals surface area (Å²) in [6, 6.07) is 0. The minimum absolute atomic E-state index is 0.379. The summed E-state index contributed by atoms with van der Waals surface area (Å²) in [5.41, 5.74) is 5.05. The van der Waals surface area contributed by atoms with Gasteiger partial charge in [-0.2, -0.15) is 0 Å². The lowest BCUT2D eigenvalue weighted by molar-refractivity contribution is -0.294. The summed E-state index contributed by atoms with van der Waals surface area (Å²) in [5.74, 6) is 0. The van der Waals surface area contributed by atoms with Crippen LogP contribution >= 0.6 is 0 Å². The van der Waals surface area contributed by atoms with Gasteiger partial charge >= 0.3 is 0 Å². The zero-order chi connectivity index (χ0) is 7.98. The molecule has 2 nitrogen and oxygen atoms in total. The molecule has 0 radical (unpaired) electrons. The molecular weight excluding hydrogens is 126 g/mol. The Labute approximate surface area is 60.7 Å². The second kappa shape index (κ2) is 4.70. The summed E-state index contributed by atoms with van der Waals surface area (Å²) in [7, 11) is 0. The topological polar surface area (TPSA) is 44.7 Å². The maximum atomic E-state index is 9.93. The minimum Gasteiger partial charge on any atom is -0.326 e. The van der Waals surface area contributed by atoms with Crippen molar-refractivity contribution in [2.75, 3.05) is 0 Å². The zero-order valence-corrected chi connectivity index (χ0v) is 5.97. The van der Waals surface area contributed by atoms with Crippen LogP contribution in [0.3, 0.4) is 0 Å². The third kappa shape index (κ3) is 5.00. The van der Waals surface area contributed by atoms with E-state index in [0.29, 0.717) is 12.1 Å². The van der Waals surface area contributed by atoms with Crippen LogP contribution in [0.25, 0.3) is 0 Å². The van der Waals surface area contributed by atoms with E-state index >= 15 is 0 Å². The van der Waals surface area contributed by atoms with Crippen molar-refractivity contribution in [2.45, 2.75) is 6.42 Å². The molecule has 0 saturated heterocycles. The molecule has 0 aliphatic rings. The summed E-state index contributed by atoms with van der Waals surface area (Å²) >= 11 is 0. The van der Waals surface area contributed by atoms with E-state index in [1.165, 1.54) is 0 Å². The number of aldehydes is 1. The van der Waals surface area contributed by atoms with Crippen LogP contribution in [0.5, 0.6) is 0 Å². The van der Waals surface area contributed by atoms with E-state index in [9.17, 15) is 4.79 Å². The molecule has 0 saturated carbocycles. The molecule has 10 heavy (non-hydrogen) atoms. The molecule has 0 bridgehead atoms. The third-order valence-corrected chi connectivity index (χ3v) is 0.900. The first-order valence-corrected chi connectivity index (χ1v) is 2.97. The van der Waals surface area contributed by atoms with Gasteiger partial charge in [-0.3, -0.25) is 0 Å². The SMILES string of the molecule is C=C([NH3+])/C=C\C(=C)CC=O. The van der Waals surface area contributed by atoms with Gasteiger partial charge in [0.25, 0.3) is 0 Å². The predicted octanol–water partition coefficient (Wildman–Crippen LogP) is 0.443. The number of hydrogen-bond acceptors (Lipinski definition) is 1. The monoisotopic (exact) mass is 138 g/mol. The van der Waals surface area contributed by atoms with Crippen molar-refractivity contribution in [2.24, 2.45) is 0 Å². The van der Waals surface area contributed by atoms with Crippen LogP contribution in [0.4, 0.5) is 0 Å². The standard InChI is InChI=1S/C8H11NO/c1-7(5-6-10)3-4-8(2)9/h3-4,6H,1-2,5,9H2/p+1/b4-3-. The highest BCUT2D eigenvalue weighted by Gasteiger charge is 1.85. The average molecular weight is 138 g/mol. The average Bonchev–Trinajstić information content (AvgIpc) is 1.85. The van der Waals surface area contributed by atoms with Crippen LogP contribution in [0.1, 0.15) is 6.42 Å². The number of rotatable bonds is 4. The third-order valence-electron chi connectivity index (χ3n) is 0.900. The highest BCUT2D eigenvalue weighted by atomic mass is 16.1. The zero-order valence-electron chi connectivity index (χ0n) is 5.97. The Morgan fingerprint density at radius 3 is 2.40 bits per heavy atom. The molecule has 0 aliphatic heterocycles. The fourth-order valence-electron chi connectivity index (χ4n) is 0.411. The van der Waals surface area contributed by atoms with Crippen LogP contribution in [-0.4, -0.2) is 6.29 Å². The van der Waals surface area contributed by atoms with Crippen LogP contribution < -0.4 is 5.73 Å². The Bertz CT molecular complexity index is 180. The van der Waals surface area contributed by atoms with Gasteiger partial charge in [0.1, 0.15) is 12.0 Å². The Hall–Kier alpha value is -1.15. The summed E-state index contributed by atoms with van der Waals surface area (Å²) in [6.07, 6.45) is 4.66. The number of carbonyl (C=O) groups excluding carboxylic acids is 1. The van der Waals surface area contributed by atoms with E-state index < -0.39 is 0 Å².